The molecule has 2 aromatic rings. The van der Waals surface area contributed by atoms with E-state index in [2.05, 4.69) is 39.7 Å². The van der Waals surface area contributed by atoms with E-state index >= 15 is 0 Å². The Morgan fingerprint density at radius 2 is 1.88 bits per heavy atom. The van der Waals surface area contributed by atoms with Crippen molar-refractivity contribution in [2.45, 2.75) is 45.7 Å². The second-order valence-electron chi connectivity index (χ2n) is 7.60. The van der Waals surface area contributed by atoms with Crippen molar-refractivity contribution >= 4 is 11.6 Å². The maximum Gasteiger partial charge on any atom is 0.254 e. The highest BCUT2D eigenvalue weighted by molar-refractivity contribution is 5.48. The fourth-order valence-corrected chi connectivity index (χ4v) is 3.91. The van der Waals surface area contributed by atoms with Crippen molar-refractivity contribution in [1.82, 2.24) is 29.4 Å². The van der Waals surface area contributed by atoms with Gasteiger partial charge in [0.15, 0.2) is 5.82 Å². The molecule has 2 saturated heterocycles. The van der Waals surface area contributed by atoms with Crippen molar-refractivity contribution in [1.29, 1.82) is 0 Å². The van der Waals surface area contributed by atoms with E-state index < -0.39 is 0 Å². The van der Waals surface area contributed by atoms with E-state index in [0.717, 1.165) is 62.4 Å². The lowest BCUT2D eigenvalue weighted by atomic mass is 10.0. The average Bonchev–Trinajstić information content (AvgIpc) is 2.99. The summed E-state index contributed by atoms with van der Waals surface area (Å²) < 4.78 is 1.95. The highest BCUT2D eigenvalue weighted by Gasteiger charge is 2.22. The van der Waals surface area contributed by atoms with Gasteiger partial charge in [0.2, 0.25) is 0 Å². The van der Waals surface area contributed by atoms with E-state index in [1.807, 2.05) is 11.4 Å². The van der Waals surface area contributed by atoms with Gasteiger partial charge >= 0.3 is 0 Å². The van der Waals surface area contributed by atoms with Gasteiger partial charge in [-0.25, -0.2) is 4.98 Å². The second kappa shape index (κ2) is 6.88. The monoisotopic (exact) mass is 343 g/mol. The van der Waals surface area contributed by atoms with E-state index in [4.69, 9.17) is 10.1 Å². The Balaban J connectivity index is 1.62. The van der Waals surface area contributed by atoms with Crippen molar-refractivity contribution in [2.75, 3.05) is 44.7 Å². The van der Waals surface area contributed by atoms with Crippen LogP contribution in [0.15, 0.2) is 6.07 Å². The van der Waals surface area contributed by atoms with Gasteiger partial charge in [-0.1, -0.05) is 6.42 Å². The number of anilines is 1. The van der Waals surface area contributed by atoms with Crippen LogP contribution in [0.25, 0.3) is 5.78 Å². The number of piperazine rings is 1. The molecule has 0 N–H and O–H groups in total. The van der Waals surface area contributed by atoms with Crippen LogP contribution in [0.3, 0.4) is 0 Å². The molecule has 0 radical (unpaired) electrons. The summed E-state index contributed by atoms with van der Waals surface area (Å²) in [5.41, 5.74) is 1.01. The van der Waals surface area contributed by atoms with E-state index in [-0.39, 0.29) is 0 Å². The molecule has 1 atom stereocenters. The normalized spacial score (nSPS) is 23.5. The largest absolute Gasteiger partial charge is 0.354 e. The third-order valence-electron chi connectivity index (χ3n) is 5.58. The van der Waals surface area contributed by atoms with Crippen molar-refractivity contribution in [3.05, 3.63) is 17.6 Å². The average molecular weight is 343 g/mol. The van der Waals surface area contributed by atoms with Gasteiger partial charge in [-0.2, -0.15) is 9.50 Å². The Morgan fingerprint density at radius 3 is 2.64 bits per heavy atom. The van der Waals surface area contributed by atoms with Gasteiger partial charge in [0.25, 0.3) is 5.78 Å². The maximum atomic E-state index is 4.82. The molecule has 2 fully saturated rings. The lowest BCUT2D eigenvalue weighted by molar-refractivity contribution is 0.149. The standard InChI is InChI=1S/C18H29N7/c1-14-12-17(23-10-8-22(3)9-11-23)25-18(19-14)20-16(21-25)13-24-7-5-4-6-15(24)2/h12,15H,4-11,13H2,1-3H3/t15-/m0/s1. The summed E-state index contributed by atoms with van der Waals surface area (Å²) >= 11 is 0. The van der Waals surface area contributed by atoms with Gasteiger partial charge in [0.1, 0.15) is 5.82 Å². The maximum absolute atomic E-state index is 4.82. The Morgan fingerprint density at radius 1 is 1.08 bits per heavy atom. The van der Waals surface area contributed by atoms with Crippen LogP contribution in [-0.2, 0) is 6.54 Å². The molecule has 7 heteroatoms. The zero-order valence-electron chi connectivity index (χ0n) is 15.6. The van der Waals surface area contributed by atoms with Gasteiger partial charge in [-0.15, -0.1) is 5.10 Å². The molecule has 25 heavy (non-hydrogen) atoms. The topological polar surface area (TPSA) is 52.8 Å². The summed E-state index contributed by atoms with van der Waals surface area (Å²) in [4.78, 5) is 16.6. The zero-order chi connectivity index (χ0) is 17.4. The minimum atomic E-state index is 0.618. The summed E-state index contributed by atoms with van der Waals surface area (Å²) in [6.45, 7) is 10.5. The first-order valence-corrected chi connectivity index (χ1v) is 9.51. The van der Waals surface area contributed by atoms with Crippen LogP contribution >= 0.6 is 0 Å². The van der Waals surface area contributed by atoms with Crippen molar-refractivity contribution in [3.63, 3.8) is 0 Å². The van der Waals surface area contributed by atoms with Crippen LogP contribution in [0, 0.1) is 6.92 Å². The number of hydrogen-bond donors (Lipinski definition) is 0. The third-order valence-corrected chi connectivity index (χ3v) is 5.58. The van der Waals surface area contributed by atoms with Gasteiger partial charge < -0.3 is 9.80 Å². The lowest BCUT2D eigenvalue weighted by Crippen LogP contribution is -2.45. The second-order valence-corrected chi connectivity index (χ2v) is 7.60. The van der Waals surface area contributed by atoms with E-state index in [0.29, 0.717) is 6.04 Å². The molecule has 2 aliphatic heterocycles. The first kappa shape index (κ1) is 16.7. The number of rotatable bonds is 3. The highest BCUT2D eigenvalue weighted by atomic mass is 15.4. The molecule has 0 aliphatic carbocycles. The van der Waals surface area contributed by atoms with Gasteiger partial charge in [-0.05, 0) is 40.3 Å². The van der Waals surface area contributed by atoms with Gasteiger partial charge in [0, 0.05) is 44.0 Å². The van der Waals surface area contributed by atoms with Crippen LogP contribution in [0.5, 0.6) is 0 Å². The minimum absolute atomic E-state index is 0.618. The molecule has 2 aliphatic rings. The predicted molar refractivity (Wildman–Crippen MR) is 99.0 cm³/mol. The molecule has 0 amide bonds. The molecule has 136 valence electrons. The van der Waals surface area contributed by atoms with Crippen molar-refractivity contribution < 1.29 is 0 Å². The predicted octanol–water partition coefficient (Wildman–Crippen LogP) is 1.56. The molecule has 0 unspecified atom stereocenters. The molecule has 4 rings (SSSR count). The summed E-state index contributed by atoms with van der Waals surface area (Å²) in [5, 5.41) is 4.82. The van der Waals surface area contributed by atoms with Crippen LogP contribution in [0.2, 0.25) is 0 Å². The highest BCUT2D eigenvalue weighted by Crippen LogP contribution is 2.21. The lowest BCUT2D eigenvalue weighted by Gasteiger charge is -2.33. The smallest absolute Gasteiger partial charge is 0.254 e. The first-order valence-electron chi connectivity index (χ1n) is 9.51. The number of hydrogen-bond acceptors (Lipinski definition) is 6. The molecular formula is C18H29N7. The number of likely N-dealkylation sites (N-methyl/N-ethyl adjacent to an activating group) is 1. The molecule has 0 bridgehead atoms. The number of fused-ring (bicyclic) bond motifs is 1. The van der Waals surface area contributed by atoms with E-state index in [9.17, 15) is 0 Å². The summed E-state index contributed by atoms with van der Waals surface area (Å²) in [5.74, 6) is 2.75. The van der Waals surface area contributed by atoms with Crippen LogP contribution in [-0.4, -0.2) is 75.2 Å². The Hall–Kier alpha value is -1.73. The number of likely N-dealkylation sites (tertiary alicyclic amines) is 1. The number of aryl methyl sites for hydroxylation is 1. The molecular weight excluding hydrogens is 314 g/mol. The Kier molecular flexibility index (Phi) is 4.60. The fraction of sp³-hybridized carbons (Fsp3) is 0.722. The molecule has 0 saturated carbocycles. The molecule has 7 nitrogen and oxygen atoms in total. The minimum Gasteiger partial charge on any atom is -0.354 e. The number of aromatic nitrogens is 4. The van der Waals surface area contributed by atoms with Crippen LogP contribution in [0.4, 0.5) is 5.82 Å². The van der Waals surface area contributed by atoms with E-state index in [1.165, 1.54) is 19.3 Å². The summed E-state index contributed by atoms with van der Waals surface area (Å²) in [6, 6.07) is 2.76. The fourth-order valence-electron chi connectivity index (χ4n) is 3.91. The van der Waals surface area contributed by atoms with Crippen LogP contribution < -0.4 is 4.90 Å². The van der Waals surface area contributed by atoms with Crippen molar-refractivity contribution in [3.8, 4) is 0 Å². The molecule has 0 aromatic carbocycles. The molecule has 0 spiro atoms. The Bertz CT molecular complexity index is 732. The van der Waals surface area contributed by atoms with Crippen molar-refractivity contribution in [2.24, 2.45) is 0 Å². The quantitative estimate of drug-likeness (QED) is 0.843. The Labute approximate surface area is 149 Å². The third kappa shape index (κ3) is 3.48. The van der Waals surface area contributed by atoms with Crippen LogP contribution in [0.1, 0.15) is 37.7 Å². The molecule has 2 aromatic heterocycles. The van der Waals surface area contributed by atoms with Gasteiger partial charge in [0.05, 0.1) is 6.54 Å². The summed E-state index contributed by atoms with van der Waals surface area (Å²) in [6.07, 6.45) is 3.89. The SMILES string of the molecule is Cc1cc(N2CCN(C)CC2)n2nc(CN3CCCC[C@@H]3C)nc2n1. The van der Waals surface area contributed by atoms with Gasteiger partial charge in [-0.3, -0.25) is 4.90 Å². The zero-order valence-corrected chi connectivity index (χ0v) is 15.6. The number of piperidine rings is 1. The summed E-state index contributed by atoms with van der Waals surface area (Å²) in [7, 11) is 2.18. The van der Waals surface area contributed by atoms with E-state index in [1.54, 1.807) is 0 Å². The number of nitrogens with zero attached hydrogens (tertiary/aromatic N) is 7. The molecule has 4 heterocycles. The first-order chi connectivity index (χ1) is 12.1.